The lowest BCUT2D eigenvalue weighted by molar-refractivity contribution is -0.385. The minimum atomic E-state index is -3.76. The first kappa shape index (κ1) is 19.2. The average molecular weight is 368 g/mol. The zero-order valence-electron chi connectivity index (χ0n) is 14.6. The van der Waals surface area contributed by atoms with Gasteiger partial charge in [-0.3, -0.25) is 15.1 Å². The van der Waals surface area contributed by atoms with Crippen molar-refractivity contribution in [2.45, 2.75) is 49.7 Å². The number of non-ortho nitro benzene ring substituents is 1. The Hall–Kier alpha value is -2.09. The lowest BCUT2D eigenvalue weighted by Gasteiger charge is -2.44. The molecular weight excluding hydrogens is 347 g/mol. The van der Waals surface area contributed by atoms with Crippen LogP contribution in [0.3, 0.4) is 0 Å². The summed E-state index contributed by atoms with van der Waals surface area (Å²) in [6, 6.07) is 3.08. The molecule has 0 amide bonds. The minimum Gasteiger partial charge on any atom is -0.280 e. The predicted molar refractivity (Wildman–Crippen MR) is 95.1 cm³/mol. The fraction of sp³-hybridized carbons (Fsp3) is 0.471. The van der Waals surface area contributed by atoms with Crippen molar-refractivity contribution >= 4 is 21.2 Å². The molecule has 0 saturated carbocycles. The summed E-state index contributed by atoms with van der Waals surface area (Å²) in [6.07, 6.45) is 1.50. The van der Waals surface area contributed by atoms with Gasteiger partial charge in [-0.1, -0.05) is 6.08 Å². The smallest absolute Gasteiger partial charge is 0.270 e. The molecule has 1 aromatic rings. The molecule has 2 rings (SSSR count). The number of benzene rings is 1. The highest BCUT2D eigenvalue weighted by Crippen LogP contribution is 2.45. The van der Waals surface area contributed by atoms with Gasteiger partial charge in [-0.2, -0.15) is 0 Å². The van der Waals surface area contributed by atoms with Gasteiger partial charge in [0.1, 0.15) is 16.1 Å². The van der Waals surface area contributed by atoms with E-state index < -0.39 is 36.1 Å². The normalized spacial score (nSPS) is 27.4. The van der Waals surface area contributed by atoms with Crippen molar-refractivity contribution in [1.82, 2.24) is 0 Å². The SMILES string of the molecule is C=CC[C@H]1[C@@](C)(c2cc([N+](=O)[O-])ccc2F)N=C(C)C(C)(C)S1(=O)=O. The van der Waals surface area contributed by atoms with Crippen molar-refractivity contribution in [3.05, 3.63) is 52.3 Å². The van der Waals surface area contributed by atoms with E-state index in [1.807, 2.05) is 0 Å². The number of nitro benzene ring substituents is 1. The molecule has 0 unspecified atom stereocenters. The first-order valence-corrected chi connectivity index (χ1v) is 9.30. The van der Waals surface area contributed by atoms with Crippen LogP contribution in [0.5, 0.6) is 0 Å². The first-order valence-electron chi connectivity index (χ1n) is 7.75. The molecule has 25 heavy (non-hydrogen) atoms. The molecule has 0 aromatic heterocycles. The van der Waals surface area contributed by atoms with Crippen LogP contribution in [-0.4, -0.2) is 29.0 Å². The maximum Gasteiger partial charge on any atom is 0.270 e. The second-order valence-electron chi connectivity index (χ2n) is 6.83. The summed E-state index contributed by atoms with van der Waals surface area (Å²) in [4.78, 5) is 14.9. The van der Waals surface area contributed by atoms with Gasteiger partial charge >= 0.3 is 0 Å². The molecule has 1 heterocycles. The Morgan fingerprint density at radius 3 is 2.52 bits per heavy atom. The largest absolute Gasteiger partial charge is 0.280 e. The van der Waals surface area contributed by atoms with Crippen LogP contribution in [0.15, 0.2) is 35.8 Å². The highest BCUT2D eigenvalue weighted by atomic mass is 32.2. The van der Waals surface area contributed by atoms with Crippen molar-refractivity contribution in [2.75, 3.05) is 0 Å². The minimum absolute atomic E-state index is 0.0567. The molecule has 6 nitrogen and oxygen atoms in total. The molecule has 0 saturated heterocycles. The van der Waals surface area contributed by atoms with Gasteiger partial charge in [0.05, 0.1) is 10.2 Å². The summed E-state index contributed by atoms with van der Waals surface area (Å²) in [5.74, 6) is -0.728. The topological polar surface area (TPSA) is 89.6 Å². The van der Waals surface area contributed by atoms with Gasteiger partial charge in [0.15, 0.2) is 9.84 Å². The molecule has 0 radical (unpaired) electrons. The molecule has 0 fully saturated rings. The second kappa shape index (κ2) is 6.01. The Labute approximate surface area is 146 Å². The molecule has 0 aliphatic carbocycles. The quantitative estimate of drug-likeness (QED) is 0.462. The summed E-state index contributed by atoms with van der Waals surface area (Å²) in [5.41, 5.74) is -1.57. The number of hydrogen-bond acceptors (Lipinski definition) is 5. The fourth-order valence-corrected chi connectivity index (χ4v) is 5.52. The van der Waals surface area contributed by atoms with Crippen LogP contribution in [0.25, 0.3) is 0 Å². The number of hydrogen-bond donors (Lipinski definition) is 0. The molecule has 0 N–H and O–H groups in total. The lowest BCUT2D eigenvalue weighted by Crippen LogP contribution is -2.56. The predicted octanol–water partition coefficient (Wildman–Crippen LogP) is 3.56. The van der Waals surface area contributed by atoms with Crippen molar-refractivity contribution < 1.29 is 17.7 Å². The van der Waals surface area contributed by atoms with E-state index in [1.54, 1.807) is 20.8 Å². The van der Waals surface area contributed by atoms with Gasteiger partial charge in [0.2, 0.25) is 0 Å². The zero-order chi connectivity index (χ0) is 19.2. The zero-order valence-corrected chi connectivity index (χ0v) is 15.4. The maximum absolute atomic E-state index is 14.5. The highest BCUT2D eigenvalue weighted by molar-refractivity contribution is 7.94. The van der Waals surface area contributed by atoms with Gasteiger partial charge in [-0.25, -0.2) is 12.8 Å². The van der Waals surface area contributed by atoms with E-state index in [9.17, 15) is 22.9 Å². The number of nitrogens with zero attached hydrogens (tertiary/aromatic N) is 2. The third-order valence-electron chi connectivity index (χ3n) is 5.07. The van der Waals surface area contributed by atoms with E-state index in [4.69, 9.17) is 0 Å². The molecule has 2 atom stereocenters. The van der Waals surface area contributed by atoms with Crippen LogP contribution in [0, 0.1) is 15.9 Å². The van der Waals surface area contributed by atoms with Gasteiger partial charge in [-0.05, 0) is 40.2 Å². The molecule has 0 bridgehead atoms. The van der Waals surface area contributed by atoms with E-state index in [2.05, 4.69) is 11.6 Å². The van der Waals surface area contributed by atoms with Crippen molar-refractivity contribution in [2.24, 2.45) is 4.99 Å². The highest BCUT2D eigenvalue weighted by Gasteiger charge is 2.55. The standard InChI is InChI=1S/C17H21FN2O4S/c1-6-7-15-17(5,19-11(2)16(3,4)25(15,23)24)13-10-12(20(21)22)8-9-14(13)18/h6,8-10,15H,1,7H2,2-5H3/t15-,17+/m0/s1. The first-order chi connectivity index (χ1) is 11.4. The second-order valence-corrected chi connectivity index (χ2v) is 9.51. The summed E-state index contributed by atoms with van der Waals surface area (Å²) in [6.45, 7) is 9.79. The maximum atomic E-state index is 14.5. The number of aliphatic imine (C=N–C) groups is 1. The lowest BCUT2D eigenvalue weighted by atomic mass is 9.85. The summed E-state index contributed by atoms with van der Waals surface area (Å²) in [7, 11) is -3.76. The van der Waals surface area contributed by atoms with E-state index >= 15 is 0 Å². The van der Waals surface area contributed by atoms with Crippen LogP contribution in [0.4, 0.5) is 10.1 Å². The number of rotatable bonds is 4. The van der Waals surface area contributed by atoms with Crippen LogP contribution >= 0.6 is 0 Å². The molecule has 1 aliphatic rings. The molecule has 8 heteroatoms. The van der Waals surface area contributed by atoms with Crippen molar-refractivity contribution in [1.29, 1.82) is 0 Å². The van der Waals surface area contributed by atoms with Crippen LogP contribution in [0.1, 0.15) is 39.7 Å². The molecular formula is C17H21FN2O4S. The average Bonchev–Trinajstić information content (AvgIpc) is 2.50. The van der Waals surface area contributed by atoms with Crippen molar-refractivity contribution in [3.63, 3.8) is 0 Å². The van der Waals surface area contributed by atoms with Crippen LogP contribution in [-0.2, 0) is 15.4 Å². The number of nitro groups is 1. The fourth-order valence-electron chi connectivity index (χ4n) is 3.17. The monoisotopic (exact) mass is 368 g/mol. The third-order valence-corrected chi connectivity index (χ3v) is 8.19. The Bertz CT molecular complexity index is 877. The Balaban J connectivity index is 2.85. The van der Waals surface area contributed by atoms with Crippen molar-refractivity contribution in [3.8, 4) is 0 Å². The van der Waals surface area contributed by atoms with Gasteiger partial charge in [-0.15, -0.1) is 6.58 Å². The third kappa shape index (κ3) is 2.78. The molecule has 1 aromatic carbocycles. The van der Waals surface area contributed by atoms with E-state index in [0.29, 0.717) is 5.71 Å². The van der Waals surface area contributed by atoms with Crippen LogP contribution in [0.2, 0.25) is 0 Å². The van der Waals surface area contributed by atoms with Crippen LogP contribution < -0.4 is 0 Å². The summed E-state index contributed by atoms with van der Waals surface area (Å²) < 4.78 is 39.7. The molecule has 0 spiro atoms. The Kier molecular flexibility index (Phi) is 4.63. The number of allylic oxidation sites excluding steroid dienone is 1. The Morgan fingerprint density at radius 2 is 2.00 bits per heavy atom. The van der Waals surface area contributed by atoms with Gasteiger partial charge in [0, 0.05) is 23.4 Å². The van der Waals surface area contributed by atoms with E-state index in [1.165, 1.54) is 13.0 Å². The molecule has 136 valence electrons. The van der Waals surface area contributed by atoms with Gasteiger partial charge in [0.25, 0.3) is 5.69 Å². The molecule has 1 aliphatic heterocycles. The van der Waals surface area contributed by atoms with E-state index in [-0.39, 0.29) is 17.7 Å². The number of sulfone groups is 1. The van der Waals surface area contributed by atoms with E-state index in [0.717, 1.165) is 18.2 Å². The number of halogens is 1. The Morgan fingerprint density at radius 1 is 1.40 bits per heavy atom. The summed E-state index contributed by atoms with van der Waals surface area (Å²) >= 11 is 0. The van der Waals surface area contributed by atoms with Gasteiger partial charge < -0.3 is 0 Å². The summed E-state index contributed by atoms with van der Waals surface area (Å²) in [5, 5.41) is 9.99.